The zero-order valence-corrected chi connectivity index (χ0v) is 14.4. The standard InChI is InChI=1S/C17H28N2OS/c1-6-9-17(8-3)19(12-11-18(5)10-7-2)13-16(14-21)15(4)20/h6,8-9,13,21H,1,3,7,10-12,14H2,2,4-5H3/b16-13+,17-9-. The molecule has 0 spiro atoms. The summed E-state index contributed by atoms with van der Waals surface area (Å²) in [5, 5.41) is 0. The summed E-state index contributed by atoms with van der Waals surface area (Å²) in [6, 6.07) is 0. The fourth-order valence-corrected chi connectivity index (χ4v) is 2.18. The van der Waals surface area contributed by atoms with Gasteiger partial charge in [0.15, 0.2) is 5.78 Å². The largest absolute Gasteiger partial charge is 0.346 e. The zero-order chi connectivity index (χ0) is 16.3. The lowest BCUT2D eigenvalue weighted by Gasteiger charge is -2.25. The van der Waals surface area contributed by atoms with Crippen molar-refractivity contribution in [2.45, 2.75) is 20.3 Å². The van der Waals surface area contributed by atoms with Crippen LogP contribution in [0.1, 0.15) is 20.3 Å². The minimum atomic E-state index is 0.0407. The Morgan fingerprint density at radius 1 is 1.24 bits per heavy atom. The molecule has 0 aliphatic heterocycles. The summed E-state index contributed by atoms with van der Waals surface area (Å²) >= 11 is 4.23. The Balaban J connectivity index is 5.18. The van der Waals surface area contributed by atoms with Crippen molar-refractivity contribution in [3.05, 3.63) is 48.9 Å². The minimum absolute atomic E-state index is 0.0407. The average molecular weight is 308 g/mol. The van der Waals surface area contributed by atoms with Gasteiger partial charge in [-0.2, -0.15) is 12.6 Å². The van der Waals surface area contributed by atoms with Crippen LogP contribution in [-0.2, 0) is 4.79 Å². The van der Waals surface area contributed by atoms with Crippen LogP contribution in [0.2, 0.25) is 0 Å². The van der Waals surface area contributed by atoms with Gasteiger partial charge < -0.3 is 9.80 Å². The number of nitrogens with zero attached hydrogens (tertiary/aromatic N) is 2. The van der Waals surface area contributed by atoms with Gasteiger partial charge in [-0.05, 0) is 39.1 Å². The van der Waals surface area contributed by atoms with E-state index in [2.05, 4.69) is 44.7 Å². The van der Waals surface area contributed by atoms with Gasteiger partial charge in [0.2, 0.25) is 0 Å². The molecule has 0 aromatic rings. The van der Waals surface area contributed by atoms with Crippen molar-refractivity contribution >= 4 is 18.4 Å². The van der Waals surface area contributed by atoms with Crippen LogP contribution < -0.4 is 0 Å². The maximum atomic E-state index is 11.6. The van der Waals surface area contributed by atoms with E-state index in [4.69, 9.17) is 0 Å². The van der Waals surface area contributed by atoms with Crippen LogP contribution in [0.15, 0.2) is 48.9 Å². The smallest absolute Gasteiger partial charge is 0.158 e. The molecule has 0 N–H and O–H groups in total. The summed E-state index contributed by atoms with van der Waals surface area (Å²) in [4.78, 5) is 15.9. The zero-order valence-electron chi connectivity index (χ0n) is 13.5. The van der Waals surface area contributed by atoms with Crippen molar-refractivity contribution in [2.75, 3.05) is 32.4 Å². The van der Waals surface area contributed by atoms with E-state index in [9.17, 15) is 4.79 Å². The number of thiol groups is 1. The van der Waals surface area contributed by atoms with Crippen LogP contribution in [-0.4, -0.2) is 48.0 Å². The molecule has 0 saturated carbocycles. The fraction of sp³-hybridized carbons (Fsp3) is 0.471. The van der Waals surface area contributed by atoms with Gasteiger partial charge in [0.25, 0.3) is 0 Å². The molecule has 0 rings (SSSR count). The van der Waals surface area contributed by atoms with E-state index < -0.39 is 0 Å². The monoisotopic (exact) mass is 308 g/mol. The van der Waals surface area contributed by atoms with Gasteiger partial charge in [-0.15, -0.1) is 0 Å². The summed E-state index contributed by atoms with van der Waals surface area (Å²) in [6.07, 6.45) is 8.38. The average Bonchev–Trinajstić information content (AvgIpc) is 2.45. The number of likely N-dealkylation sites (N-methyl/N-ethyl adjacent to an activating group) is 1. The lowest BCUT2D eigenvalue weighted by molar-refractivity contribution is -0.113. The van der Waals surface area contributed by atoms with Crippen molar-refractivity contribution in [3.63, 3.8) is 0 Å². The first-order valence-corrected chi connectivity index (χ1v) is 7.86. The van der Waals surface area contributed by atoms with Crippen LogP contribution in [0.4, 0.5) is 0 Å². The van der Waals surface area contributed by atoms with Gasteiger partial charge in [-0.25, -0.2) is 0 Å². The molecular formula is C17H28N2OS. The number of carbonyl (C=O) groups is 1. The SMILES string of the molecule is C=C/C=C(/C=C)N(/C=C(\CS)C(C)=O)CCN(C)CCC. The number of allylic oxidation sites excluding steroid dienone is 3. The second-order valence-electron chi connectivity index (χ2n) is 4.90. The highest BCUT2D eigenvalue weighted by molar-refractivity contribution is 7.80. The number of carbonyl (C=O) groups excluding carboxylic acids is 1. The summed E-state index contributed by atoms with van der Waals surface area (Å²) in [5.74, 6) is 0.466. The lowest BCUT2D eigenvalue weighted by atomic mass is 10.2. The van der Waals surface area contributed by atoms with Crippen LogP contribution in [0, 0.1) is 0 Å². The predicted octanol–water partition coefficient (Wildman–Crippen LogP) is 3.29. The fourth-order valence-electron chi connectivity index (χ4n) is 1.87. The molecule has 3 nitrogen and oxygen atoms in total. The highest BCUT2D eigenvalue weighted by atomic mass is 32.1. The molecule has 21 heavy (non-hydrogen) atoms. The van der Waals surface area contributed by atoms with Gasteiger partial charge in [0, 0.05) is 36.3 Å². The Labute approximate surface area is 135 Å². The molecule has 0 heterocycles. The van der Waals surface area contributed by atoms with Crippen LogP contribution in [0.5, 0.6) is 0 Å². The molecule has 4 heteroatoms. The Morgan fingerprint density at radius 2 is 1.90 bits per heavy atom. The first kappa shape index (κ1) is 19.7. The predicted molar refractivity (Wildman–Crippen MR) is 95.6 cm³/mol. The van der Waals surface area contributed by atoms with Crippen molar-refractivity contribution in [1.82, 2.24) is 9.80 Å². The summed E-state index contributed by atoms with van der Waals surface area (Å²) < 4.78 is 0. The highest BCUT2D eigenvalue weighted by Crippen LogP contribution is 2.11. The normalized spacial score (nSPS) is 12.4. The highest BCUT2D eigenvalue weighted by Gasteiger charge is 2.09. The van der Waals surface area contributed by atoms with E-state index in [0.717, 1.165) is 31.8 Å². The number of Topliss-reactive ketones (excluding diaryl/α,β-unsaturated/α-hetero) is 1. The molecule has 0 atom stereocenters. The second kappa shape index (κ2) is 11.4. The Hall–Kier alpha value is -1.26. The molecule has 0 aliphatic rings. The Morgan fingerprint density at radius 3 is 2.33 bits per heavy atom. The molecule has 0 radical (unpaired) electrons. The first-order valence-electron chi connectivity index (χ1n) is 7.22. The van der Waals surface area contributed by atoms with E-state index in [1.165, 1.54) is 0 Å². The molecule has 0 aromatic heterocycles. The van der Waals surface area contributed by atoms with Crippen LogP contribution in [0.3, 0.4) is 0 Å². The van der Waals surface area contributed by atoms with Gasteiger partial charge in [0.1, 0.15) is 0 Å². The number of hydrogen-bond acceptors (Lipinski definition) is 4. The second-order valence-corrected chi connectivity index (χ2v) is 5.21. The van der Waals surface area contributed by atoms with Gasteiger partial charge in [-0.1, -0.05) is 26.2 Å². The van der Waals surface area contributed by atoms with Gasteiger partial charge in [-0.3, -0.25) is 4.79 Å². The quantitative estimate of drug-likeness (QED) is 0.360. The van der Waals surface area contributed by atoms with E-state index in [-0.39, 0.29) is 5.78 Å². The van der Waals surface area contributed by atoms with Crippen LogP contribution in [0.25, 0.3) is 0 Å². The Bertz CT molecular complexity index is 413. The van der Waals surface area contributed by atoms with E-state index in [0.29, 0.717) is 11.3 Å². The lowest BCUT2D eigenvalue weighted by Crippen LogP contribution is -2.30. The van der Waals surface area contributed by atoms with E-state index in [1.54, 1.807) is 19.1 Å². The third kappa shape index (κ3) is 7.93. The molecule has 0 aliphatic carbocycles. The third-order valence-corrected chi connectivity index (χ3v) is 3.43. The van der Waals surface area contributed by atoms with Crippen molar-refractivity contribution in [3.8, 4) is 0 Å². The summed E-state index contributed by atoms with van der Waals surface area (Å²) in [7, 11) is 2.10. The first-order chi connectivity index (χ1) is 9.99. The number of hydrogen-bond donors (Lipinski definition) is 1. The van der Waals surface area contributed by atoms with Crippen molar-refractivity contribution in [2.24, 2.45) is 0 Å². The number of rotatable bonds is 11. The van der Waals surface area contributed by atoms with E-state index in [1.807, 2.05) is 17.2 Å². The minimum Gasteiger partial charge on any atom is -0.346 e. The Kier molecular flexibility index (Phi) is 10.7. The maximum absolute atomic E-state index is 11.6. The number of ketones is 1. The summed E-state index contributed by atoms with van der Waals surface area (Å²) in [6.45, 7) is 14.0. The molecule has 0 saturated heterocycles. The van der Waals surface area contributed by atoms with E-state index >= 15 is 0 Å². The molecule has 0 bridgehead atoms. The van der Waals surface area contributed by atoms with Gasteiger partial charge in [0.05, 0.1) is 0 Å². The molecule has 0 unspecified atom stereocenters. The van der Waals surface area contributed by atoms with Gasteiger partial charge >= 0.3 is 0 Å². The van der Waals surface area contributed by atoms with Crippen LogP contribution >= 0.6 is 12.6 Å². The topological polar surface area (TPSA) is 23.6 Å². The molecule has 0 amide bonds. The van der Waals surface area contributed by atoms with Crippen molar-refractivity contribution < 1.29 is 4.79 Å². The van der Waals surface area contributed by atoms with Crippen molar-refractivity contribution in [1.29, 1.82) is 0 Å². The third-order valence-electron chi connectivity index (χ3n) is 3.09. The molecule has 0 fully saturated rings. The molecular weight excluding hydrogens is 280 g/mol. The molecule has 0 aromatic carbocycles. The molecule has 118 valence electrons. The maximum Gasteiger partial charge on any atom is 0.158 e. The summed E-state index contributed by atoms with van der Waals surface area (Å²) in [5.41, 5.74) is 1.61.